The van der Waals surface area contributed by atoms with Crippen LogP contribution in [0, 0.1) is 0 Å². The van der Waals surface area contributed by atoms with E-state index in [0.29, 0.717) is 31.6 Å². The molecule has 0 spiro atoms. The quantitative estimate of drug-likeness (QED) is 0.381. The molecule has 0 amide bonds. The number of nitrogens with one attached hydrogen (secondary N) is 1. The second kappa shape index (κ2) is 10.6. The molecule has 0 aliphatic carbocycles. The standard InChI is InChI=1S/C15H24N4O3.HI/c1-11(9-20-2)19-15(16)18-8-12-3-5-17-14(7-12)22-13-4-6-21-10-13;/h3,5,7,11,13H,4,6,8-10H2,1-2H3,(H3,16,18,19);1H. The monoisotopic (exact) mass is 436 g/mol. The second-order valence-corrected chi connectivity index (χ2v) is 5.31. The van der Waals surface area contributed by atoms with Crippen molar-refractivity contribution in [2.45, 2.75) is 32.0 Å². The fourth-order valence-corrected chi connectivity index (χ4v) is 2.16. The van der Waals surface area contributed by atoms with Crippen LogP contribution in [0.15, 0.2) is 23.3 Å². The largest absolute Gasteiger partial charge is 0.472 e. The van der Waals surface area contributed by atoms with Crippen LogP contribution in [-0.4, -0.2) is 50.0 Å². The van der Waals surface area contributed by atoms with Crippen molar-refractivity contribution in [3.05, 3.63) is 23.9 Å². The van der Waals surface area contributed by atoms with Crippen molar-refractivity contribution >= 4 is 29.9 Å². The molecule has 0 aromatic carbocycles. The molecule has 7 nitrogen and oxygen atoms in total. The first kappa shape index (κ1) is 19.9. The highest BCUT2D eigenvalue weighted by molar-refractivity contribution is 14.0. The van der Waals surface area contributed by atoms with Crippen molar-refractivity contribution in [2.75, 3.05) is 26.9 Å². The number of ether oxygens (including phenoxy) is 3. The number of aliphatic imine (C=N–C) groups is 1. The molecule has 2 atom stereocenters. The van der Waals surface area contributed by atoms with Gasteiger partial charge in [-0.3, -0.25) is 0 Å². The van der Waals surface area contributed by atoms with Crippen molar-refractivity contribution in [3.8, 4) is 5.88 Å². The van der Waals surface area contributed by atoms with Gasteiger partial charge in [0.15, 0.2) is 5.96 Å². The lowest BCUT2D eigenvalue weighted by Gasteiger charge is -2.13. The molecule has 130 valence electrons. The minimum Gasteiger partial charge on any atom is -0.472 e. The zero-order valence-corrected chi connectivity index (χ0v) is 15.9. The van der Waals surface area contributed by atoms with E-state index in [1.54, 1.807) is 13.3 Å². The molecular weight excluding hydrogens is 411 g/mol. The highest BCUT2D eigenvalue weighted by atomic mass is 127. The first-order valence-electron chi connectivity index (χ1n) is 7.42. The molecular formula is C15H25IN4O3. The predicted molar refractivity (Wildman–Crippen MR) is 99.3 cm³/mol. The Hall–Kier alpha value is -1.13. The summed E-state index contributed by atoms with van der Waals surface area (Å²) in [5, 5.41) is 3.06. The average molecular weight is 436 g/mol. The minimum absolute atomic E-state index is 0. The molecule has 1 aliphatic heterocycles. The van der Waals surface area contributed by atoms with Crippen LogP contribution in [0.25, 0.3) is 0 Å². The third-order valence-electron chi connectivity index (χ3n) is 3.22. The van der Waals surface area contributed by atoms with E-state index in [1.165, 1.54) is 0 Å². The summed E-state index contributed by atoms with van der Waals surface area (Å²) in [5.74, 6) is 0.996. The van der Waals surface area contributed by atoms with Gasteiger partial charge in [0, 0.05) is 31.8 Å². The van der Waals surface area contributed by atoms with Crippen LogP contribution in [0.1, 0.15) is 18.9 Å². The van der Waals surface area contributed by atoms with Crippen LogP contribution in [0.4, 0.5) is 0 Å². The van der Waals surface area contributed by atoms with Crippen LogP contribution >= 0.6 is 24.0 Å². The van der Waals surface area contributed by atoms with Crippen LogP contribution in [0.5, 0.6) is 5.88 Å². The summed E-state index contributed by atoms with van der Waals surface area (Å²) in [7, 11) is 1.65. The topological polar surface area (TPSA) is 91.0 Å². The zero-order chi connectivity index (χ0) is 15.8. The van der Waals surface area contributed by atoms with Crippen LogP contribution < -0.4 is 15.8 Å². The molecule has 2 rings (SSSR count). The fourth-order valence-electron chi connectivity index (χ4n) is 2.16. The van der Waals surface area contributed by atoms with E-state index < -0.39 is 0 Å². The average Bonchev–Trinajstić information content (AvgIpc) is 2.99. The van der Waals surface area contributed by atoms with E-state index in [1.807, 2.05) is 19.1 Å². The van der Waals surface area contributed by atoms with Gasteiger partial charge in [0.2, 0.25) is 5.88 Å². The number of pyridine rings is 1. The third kappa shape index (κ3) is 7.32. The molecule has 0 saturated carbocycles. The summed E-state index contributed by atoms with van der Waals surface area (Å²) in [4.78, 5) is 8.52. The molecule has 23 heavy (non-hydrogen) atoms. The maximum absolute atomic E-state index is 5.84. The van der Waals surface area contributed by atoms with Crippen molar-refractivity contribution in [2.24, 2.45) is 10.7 Å². The predicted octanol–water partition coefficient (Wildman–Crippen LogP) is 1.31. The number of hydrogen-bond acceptors (Lipinski definition) is 5. The smallest absolute Gasteiger partial charge is 0.213 e. The Balaban J connectivity index is 0.00000264. The van der Waals surface area contributed by atoms with E-state index >= 15 is 0 Å². The van der Waals surface area contributed by atoms with Crippen molar-refractivity contribution < 1.29 is 14.2 Å². The van der Waals surface area contributed by atoms with E-state index in [-0.39, 0.29) is 36.1 Å². The Morgan fingerprint density at radius 2 is 2.43 bits per heavy atom. The zero-order valence-electron chi connectivity index (χ0n) is 13.5. The lowest BCUT2D eigenvalue weighted by Crippen LogP contribution is -2.40. The summed E-state index contributed by atoms with van der Waals surface area (Å²) in [6.07, 6.45) is 2.71. The number of guanidine groups is 1. The second-order valence-electron chi connectivity index (χ2n) is 5.31. The van der Waals surface area contributed by atoms with E-state index in [9.17, 15) is 0 Å². The Bertz CT molecular complexity index is 495. The Labute approximate surface area is 154 Å². The molecule has 0 bridgehead atoms. The van der Waals surface area contributed by atoms with E-state index in [4.69, 9.17) is 19.9 Å². The number of hydrogen-bond donors (Lipinski definition) is 2. The van der Waals surface area contributed by atoms with E-state index in [2.05, 4.69) is 15.3 Å². The number of aromatic nitrogens is 1. The van der Waals surface area contributed by atoms with Crippen molar-refractivity contribution in [1.29, 1.82) is 0 Å². The number of rotatable bonds is 7. The van der Waals surface area contributed by atoms with Crippen molar-refractivity contribution in [1.82, 2.24) is 10.3 Å². The van der Waals surface area contributed by atoms with Gasteiger partial charge < -0.3 is 25.3 Å². The fraction of sp³-hybridized carbons (Fsp3) is 0.600. The molecule has 1 fully saturated rings. The van der Waals surface area contributed by atoms with Gasteiger partial charge in [-0.1, -0.05) is 0 Å². The van der Waals surface area contributed by atoms with Gasteiger partial charge >= 0.3 is 0 Å². The third-order valence-corrected chi connectivity index (χ3v) is 3.22. The molecule has 3 N–H and O–H groups in total. The molecule has 1 aliphatic rings. The van der Waals surface area contributed by atoms with Gasteiger partial charge in [-0.15, -0.1) is 24.0 Å². The van der Waals surface area contributed by atoms with Gasteiger partial charge in [0.05, 0.1) is 26.4 Å². The van der Waals surface area contributed by atoms with Gasteiger partial charge in [-0.05, 0) is 18.6 Å². The summed E-state index contributed by atoms with van der Waals surface area (Å²) < 4.78 is 16.1. The molecule has 1 aromatic rings. The lowest BCUT2D eigenvalue weighted by atomic mass is 10.2. The van der Waals surface area contributed by atoms with Crippen molar-refractivity contribution in [3.63, 3.8) is 0 Å². The highest BCUT2D eigenvalue weighted by Gasteiger charge is 2.17. The van der Waals surface area contributed by atoms with Crippen LogP contribution in [-0.2, 0) is 16.0 Å². The first-order valence-corrected chi connectivity index (χ1v) is 7.42. The molecule has 1 saturated heterocycles. The maximum Gasteiger partial charge on any atom is 0.213 e. The summed E-state index contributed by atoms with van der Waals surface area (Å²) in [6.45, 7) is 4.40. The number of methoxy groups -OCH3 is 1. The van der Waals surface area contributed by atoms with Gasteiger partial charge in [-0.25, -0.2) is 9.98 Å². The van der Waals surface area contributed by atoms with Gasteiger partial charge in [0.1, 0.15) is 6.10 Å². The maximum atomic E-state index is 5.84. The minimum atomic E-state index is 0. The normalized spacial score (nSPS) is 19.0. The Morgan fingerprint density at radius 1 is 1.61 bits per heavy atom. The summed E-state index contributed by atoms with van der Waals surface area (Å²) >= 11 is 0. The lowest BCUT2D eigenvalue weighted by molar-refractivity contribution is 0.138. The Kier molecular flexibility index (Phi) is 9.19. The number of nitrogens with two attached hydrogens (primary N) is 1. The number of nitrogens with zero attached hydrogens (tertiary/aromatic N) is 2. The molecule has 2 unspecified atom stereocenters. The SMILES string of the molecule is COCC(C)NC(N)=NCc1ccnc(OC2CCOC2)c1.I. The molecule has 0 radical (unpaired) electrons. The first-order chi connectivity index (χ1) is 10.7. The molecule has 8 heteroatoms. The van der Waals surface area contributed by atoms with Crippen LogP contribution in [0.2, 0.25) is 0 Å². The summed E-state index contributed by atoms with van der Waals surface area (Å²) in [5.41, 5.74) is 6.84. The van der Waals surface area contributed by atoms with Gasteiger partial charge in [0.25, 0.3) is 0 Å². The van der Waals surface area contributed by atoms with Gasteiger partial charge in [-0.2, -0.15) is 0 Å². The summed E-state index contributed by atoms with van der Waals surface area (Å²) in [6, 6.07) is 3.90. The molecule has 1 aromatic heterocycles. The van der Waals surface area contributed by atoms with Crippen LogP contribution in [0.3, 0.4) is 0 Å². The van der Waals surface area contributed by atoms with E-state index in [0.717, 1.165) is 18.6 Å². The highest BCUT2D eigenvalue weighted by Crippen LogP contribution is 2.16. The Morgan fingerprint density at radius 3 is 3.13 bits per heavy atom. The molecule has 2 heterocycles. The number of halogens is 1.